The lowest BCUT2D eigenvalue weighted by molar-refractivity contribution is -0.116. The molecule has 1 fully saturated rings. The highest BCUT2D eigenvalue weighted by Gasteiger charge is 2.20. The summed E-state index contributed by atoms with van der Waals surface area (Å²) in [5, 5.41) is 3.79. The molecule has 0 radical (unpaired) electrons. The molecular weight excluding hydrogens is 168 g/mol. The Morgan fingerprint density at radius 2 is 2.54 bits per heavy atom. The molecule has 1 aliphatic rings. The Kier molecular flexibility index (Phi) is 2.14. The van der Waals surface area contributed by atoms with Gasteiger partial charge in [-0.25, -0.2) is 0 Å². The molecule has 1 aromatic rings. The van der Waals surface area contributed by atoms with Gasteiger partial charge in [-0.2, -0.15) is 0 Å². The van der Waals surface area contributed by atoms with Crippen LogP contribution in [0.3, 0.4) is 0 Å². The lowest BCUT2D eigenvalue weighted by Crippen LogP contribution is -2.19. The van der Waals surface area contributed by atoms with E-state index in [2.05, 4.69) is 10.1 Å². The van der Waals surface area contributed by atoms with Crippen molar-refractivity contribution in [3.63, 3.8) is 0 Å². The minimum absolute atomic E-state index is 0.316. The Balaban J connectivity index is 1.95. The van der Waals surface area contributed by atoms with Crippen LogP contribution in [0, 0.1) is 6.92 Å². The van der Waals surface area contributed by atoms with E-state index in [0.29, 0.717) is 25.3 Å². The molecule has 0 bridgehead atoms. The lowest BCUT2D eigenvalue weighted by Gasteiger charge is -2.09. The van der Waals surface area contributed by atoms with Gasteiger partial charge in [-0.05, 0) is 6.92 Å². The van der Waals surface area contributed by atoms with Crippen molar-refractivity contribution in [2.75, 3.05) is 13.1 Å². The van der Waals surface area contributed by atoms with Gasteiger partial charge in [0.2, 0.25) is 0 Å². The van der Waals surface area contributed by atoms with Gasteiger partial charge in [0.15, 0.2) is 5.76 Å². The van der Waals surface area contributed by atoms with E-state index in [4.69, 9.17) is 4.52 Å². The van der Waals surface area contributed by atoms with Crippen LogP contribution >= 0.6 is 0 Å². The molecule has 0 aromatic carbocycles. The van der Waals surface area contributed by atoms with E-state index in [9.17, 15) is 4.79 Å². The highest BCUT2D eigenvalue weighted by atomic mass is 16.5. The average molecular weight is 180 g/mol. The lowest BCUT2D eigenvalue weighted by atomic mass is 10.3. The number of Topliss-reactive ketones (excluding diaryl/α,β-unsaturated/α-hetero) is 1. The standard InChI is InChI=1S/C9H12N2O2/c1-7-4-9(13-10-7)6-11-3-2-8(12)5-11/h4H,2-3,5-6H2,1H3. The third kappa shape index (κ3) is 1.95. The van der Waals surface area contributed by atoms with Crippen LogP contribution in [0.25, 0.3) is 0 Å². The minimum atomic E-state index is 0.316. The van der Waals surface area contributed by atoms with Crippen molar-refractivity contribution in [3.05, 3.63) is 17.5 Å². The summed E-state index contributed by atoms with van der Waals surface area (Å²) in [5.74, 6) is 1.16. The molecule has 4 heteroatoms. The van der Waals surface area contributed by atoms with Crippen molar-refractivity contribution in [2.45, 2.75) is 19.9 Å². The highest BCUT2D eigenvalue weighted by molar-refractivity contribution is 5.82. The second-order valence-electron chi connectivity index (χ2n) is 3.43. The fraction of sp³-hybridized carbons (Fsp3) is 0.556. The van der Waals surface area contributed by atoms with Gasteiger partial charge in [0, 0.05) is 19.0 Å². The maximum absolute atomic E-state index is 11.0. The van der Waals surface area contributed by atoms with Gasteiger partial charge < -0.3 is 4.52 Å². The summed E-state index contributed by atoms with van der Waals surface area (Å²) in [4.78, 5) is 13.0. The maximum atomic E-state index is 11.0. The van der Waals surface area contributed by atoms with Gasteiger partial charge in [-0.1, -0.05) is 5.16 Å². The van der Waals surface area contributed by atoms with Gasteiger partial charge >= 0.3 is 0 Å². The van der Waals surface area contributed by atoms with Gasteiger partial charge in [0.25, 0.3) is 0 Å². The van der Waals surface area contributed by atoms with Gasteiger partial charge in [-0.15, -0.1) is 0 Å². The Morgan fingerprint density at radius 3 is 3.08 bits per heavy atom. The molecule has 1 saturated heterocycles. The number of carbonyl (C=O) groups excluding carboxylic acids is 1. The van der Waals surface area contributed by atoms with Crippen molar-refractivity contribution >= 4 is 5.78 Å². The first-order valence-electron chi connectivity index (χ1n) is 4.40. The van der Waals surface area contributed by atoms with Crippen LogP contribution in [-0.4, -0.2) is 28.9 Å². The summed E-state index contributed by atoms with van der Waals surface area (Å²) < 4.78 is 5.06. The predicted octanol–water partition coefficient (Wildman–Crippen LogP) is 0.758. The first-order valence-corrected chi connectivity index (χ1v) is 4.40. The molecule has 2 rings (SSSR count). The van der Waals surface area contributed by atoms with Crippen molar-refractivity contribution in [2.24, 2.45) is 0 Å². The molecule has 0 aliphatic carbocycles. The Bertz CT molecular complexity index is 319. The Labute approximate surface area is 76.5 Å². The number of aryl methyl sites for hydroxylation is 1. The van der Waals surface area contributed by atoms with E-state index >= 15 is 0 Å². The number of hydrogen-bond acceptors (Lipinski definition) is 4. The summed E-state index contributed by atoms with van der Waals surface area (Å²) >= 11 is 0. The molecule has 0 saturated carbocycles. The molecule has 1 aromatic heterocycles. The summed E-state index contributed by atoms with van der Waals surface area (Å²) in [6, 6.07) is 1.91. The van der Waals surface area contributed by atoms with E-state index in [1.54, 1.807) is 0 Å². The van der Waals surface area contributed by atoms with Crippen LogP contribution in [0.15, 0.2) is 10.6 Å². The number of likely N-dealkylation sites (tertiary alicyclic amines) is 1. The van der Waals surface area contributed by atoms with E-state index in [-0.39, 0.29) is 0 Å². The highest BCUT2D eigenvalue weighted by Crippen LogP contribution is 2.11. The number of carbonyl (C=O) groups is 1. The average Bonchev–Trinajstić information content (AvgIpc) is 2.62. The first kappa shape index (κ1) is 8.44. The van der Waals surface area contributed by atoms with Crippen molar-refractivity contribution < 1.29 is 9.32 Å². The number of nitrogens with zero attached hydrogens (tertiary/aromatic N) is 2. The third-order valence-electron chi connectivity index (χ3n) is 2.16. The fourth-order valence-corrected chi connectivity index (χ4v) is 1.54. The van der Waals surface area contributed by atoms with Crippen LogP contribution in [0.5, 0.6) is 0 Å². The van der Waals surface area contributed by atoms with E-state index in [1.807, 2.05) is 13.0 Å². The largest absolute Gasteiger partial charge is 0.360 e. The van der Waals surface area contributed by atoms with Gasteiger partial charge in [0.1, 0.15) is 5.78 Å². The monoisotopic (exact) mass is 180 g/mol. The van der Waals surface area contributed by atoms with Crippen molar-refractivity contribution in [1.82, 2.24) is 10.1 Å². The third-order valence-corrected chi connectivity index (χ3v) is 2.16. The molecular formula is C9H12N2O2. The number of hydrogen-bond donors (Lipinski definition) is 0. The van der Waals surface area contributed by atoms with Crippen LogP contribution in [-0.2, 0) is 11.3 Å². The van der Waals surface area contributed by atoms with E-state index in [0.717, 1.165) is 18.0 Å². The molecule has 4 nitrogen and oxygen atoms in total. The molecule has 0 N–H and O–H groups in total. The normalized spacial score (nSPS) is 18.4. The zero-order valence-corrected chi connectivity index (χ0v) is 7.62. The second kappa shape index (κ2) is 3.30. The first-order chi connectivity index (χ1) is 6.24. The molecule has 1 aliphatic heterocycles. The molecule has 0 amide bonds. The number of ketones is 1. The van der Waals surface area contributed by atoms with Gasteiger partial charge in [-0.3, -0.25) is 9.69 Å². The minimum Gasteiger partial charge on any atom is -0.360 e. The molecule has 2 heterocycles. The molecule has 0 unspecified atom stereocenters. The summed E-state index contributed by atoms with van der Waals surface area (Å²) in [7, 11) is 0. The maximum Gasteiger partial charge on any atom is 0.150 e. The van der Waals surface area contributed by atoms with Crippen LogP contribution in [0.1, 0.15) is 17.9 Å². The second-order valence-corrected chi connectivity index (χ2v) is 3.43. The van der Waals surface area contributed by atoms with Crippen LogP contribution < -0.4 is 0 Å². The Hall–Kier alpha value is -1.16. The molecule has 70 valence electrons. The van der Waals surface area contributed by atoms with E-state index in [1.165, 1.54) is 0 Å². The molecule has 0 spiro atoms. The summed E-state index contributed by atoms with van der Waals surface area (Å²) in [5.41, 5.74) is 0.889. The van der Waals surface area contributed by atoms with Crippen molar-refractivity contribution in [1.29, 1.82) is 0 Å². The quantitative estimate of drug-likeness (QED) is 0.674. The van der Waals surface area contributed by atoms with Crippen LogP contribution in [0.2, 0.25) is 0 Å². The SMILES string of the molecule is Cc1cc(CN2CCC(=O)C2)on1. The smallest absolute Gasteiger partial charge is 0.150 e. The zero-order valence-electron chi connectivity index (χ0n) is 7.62. The summed E-state index contributed by atoms with van der Waals surface area (Å²) in [6.45, 7) is 3.99. The predicted molar refractivity (Wildman–Crippen MR) is 46.1 cm³/mol. The van der Waals surface area contributed by atoms with E-state index < -0.39 is 0 Å². The summed E-state index contributed by atoms with van der Waals surface area (Å²) in [6.07, 6.45) is 0.674. The van der Waals surface area contributed by atoms with Crippen molar-refractivity contribution in [3.8, 4) is 0 Å². The topological polar surface area (TPSA) is 46.3 Å². The fourth-order valence-electron chi connectivity index (χ4n) is 1.54. The molecule has 13 heavy (non-hydrogen) atoms. The Morgan fingerprint density at radius 1 is 1.69 bits per heavy atom. The number of rotatable bonds is 2. The number of aromatic nitrogens is 1. The van der Waals surface area contributed by atoms with Gasteiger partial charge in [0.05, 0.1) is 18.8 Å². The zero-order chi connectivity index (χ0) is 9.26. The van der Waals surface area contributed by atoms with Crippen LogP contribution in [0.4, 0.5) is 0 Å². The molecule has 0 atom stereocenters.